The lowest BCUT2D eigenvalue weighted by atomic mass is 10.2. The molecule has 0 aliphatic heterocycles. The van der Waals surface area contributed by atoms with Crippen LogP contribution in [0.3, 0.4) is 0 Å². The normalized spacial score (nSPS) is 12.3. The molecule has 2 nitrogen and oxygen atoms in total. The van der Waals surface area contributed by atoms with Crippen LogP contribution in [-0.2, 0) is 9.53 Å². The van der Waals surface area contributed by atoms with Crippen LogP contribution in [0.25, 0.3) is 0 Å². The monoisotopic (exact) mass is 206 g/mol. The van der Waals surface area contributed by atoms with Crippen molar-refractivity contribution in [1.82, 2.24) is 0 Å². The van der Waals surface area contributed by atoms with Crippen LogP contribution in [0.5, 0.6) is 0 Å². The summed E-state index contributed by atoms with van der Waals surface area (Å²) in [4.78, 5) is 11.0. The molecule has 0 bridgehead atoms. The second kappa shape index (κ2) is 4.50. The molecule has 0 radical (unpaired) electrons. The highest BCUT2D eigenvalue weighted by atomic mass is 79.9. The van der Waals surface area contributed by atoms with E-state index in [9.17, 15) is 4.79 Å². The van der Waals surface area contributed by atoms with Gasteiger partial charge in [-0.15, -0.1) is 0 Å². The van der Waals surface area contributed by atoms with E-state index in [1.165, 1.54) is 7.11 Å². The fourth-order valence-electron chi connectivity index (χ4n) is 0.567. The van der Waals surface area contributed by atoms with Gasteiger partial charge in [-0.3, -0.25) is 0 Å². The first-order valence-corrected chi connectivity index (χ1v) is 3.89. The number of methoxy groups -OCH3 is 1. The predicted molar refractivity (Wildman–Crippen MR) is 44.2 cm³/mol. The Morgan fingerprint density at radius 1 is 1.80 bits per heavy atom. The molecular weight excluding hydrogens is 196 g/mol. The first-order chi connectivity index (χ1) is 4.57. The van der Waals surface area contributed by atoms with Crippen molar-refractivity contribution in [2.24, 2.45) is 0 Å². The van der Waals surface area contributed by atoms with Crippen molar-refractivity contribution in [1.29, 1.82) is 0 Å². The van der Waals surface area contributed by atoms with E-state index in [1.54, 1.807) is 0 Å². The number of hydrogen-bond donors (Lipinski definition) is 0. The third-order valence-corrected chi connectivity index (χ3v) is 1.33. The standard InChI is InChI=1S/C7H11BrO2/c1-5(4-6(2)8)7(9)10-3/h6H,1,4H2,2-3H3. The molecular formula is C7H11BrO2. The lowest BCUT2D eigenvalue weighted by Crippen LogP contribution is -2.06. The molecule has 0 heterocycles. The molecule has 0 saturated carbocycles. The average molecular weight is 207 g/mol. The first kappa shape index (κ1) is 9.69. The number of halogens is 1. The van der Waals surface area contributed by atoms with Gasteiger partial charge in [0, 0.05) is 10.4 Å². The second-order valence-electron chi connectivity index (χ2n) is 2.08. The van der Waals surface area contributed by atoms with E-state index >= 15 is 0 Å². The van der Waals surface area contributed by atoms with Crippen LogP contribution in [0.2, 0.25) is 0 Å². The molecule has 58 valence electrons. The van der Waals surface area contributed by atoms with E-state index in [0.717, 1.165) is 0 Å². The molecule has 1 unspecified atom stereocenters. The Kier molecular flexibility index (Phi) is 4.36. The van der Waals surface area contributed by atoms with Gasteiger partial charge in [-0.1, -0.05) is 29.4 Å². The fraction of sp³-hybridized carbons (Fsp3) is 0.571. The minimum Gasteiger partial charge on any atom is -0.466 e. The van der Waals surface area contributed by atoms with Crippen molar-refractivity contribution in [3.05, 3.63) is 12.2 Å². The summed E-state index contributed by atoms with van der Waals surface area (Å²) in [5.41, 5.74) is 0.506. The average Bonchev–Trinajstić information content (AvgIpc) is 1.85. The van der Waals surface area contributed by atoms with E-state index < -0.39 is 0 Å². The zero-order valence-corrected chi connectivity index (χ0v) is 7.77. The van der Waals surface area contributed by atoms with Gasteiger partial charge in [0.1, 0.15) is 0 Å². The summed E-state index contributed by atoms with van der Waals surface area (Å²) in [6.07, 6.45) is 0.632. The number of ether oxygens (including phenoxy) is 1. The fourth-order valence-corrected chi connectivity index (χ4v) is 0.958. The van der Waals surface area contributed by atoms with Gasteiger partial charge in [-0.25, -0.2) is 4.79 Å². The minimum absolute atomic E-state index is 0.277. The zero-order valence-electron chi connectivity index (χ0n) is 6.19. The number of hydrogen-bond acceptors (Lipinski definition) is 2. The predicted octanol–water partition coefficient (Wildman–Crippen LogP) is 1.89. The third kappa shape index (κ3) is 3.67. The lowest BCUT2D eigenvalue weighted by molar-refractivity contribution is -0.136. The Balaban J connectivity index is 3.74. The largest absolute Gasteiger partial charge is 0.466 e. The van der Waals surface area contributed by atoms with Gasteiger partial charge in [-0.2, -0.15) is 0 Å². The van der Waals surface area contributed by atoms with Crippen molar-refractivity contribution in [2.45, 2.75) is 18.2 Å². The lowest BCUT2D eigenvalue weighted by Gasteiger charge is -2.03. The van der Waals surface area contributed by atoms with Crippen LogP contribution in [0.4, 0.5) is 0 Å². The van der Waals surface area contributed by atoms with E-state index in [2.05, 4.69) is 27.2 Å². The molecule has 0 spiro atoms. The molecule has 0 aromatic heterocycles. The maximum Gasteiger partial charge on any atom is 0.333 e. The van der Waals surface area contributed by atoms with Crippen LogP contribution < -0.4 is 0 Å². The quantitative estimate of drug-likeness (QED) is 0.401. The highest BCUT2D eigenvalue weighted by molar-refractivity contribution is 9.09. The molecule has 0 amide bonds. The maximum atomic E-state index is 10.7. The summed E-state index contributed by atoms with van der Waals surface area (Å²) in [6.45, 7) is 5.51. The molecule has 3 heteroatoms. The summed E-state index contributed by atoms with van der Waals surface area (Å²) < 4.78 is 4.45. The van der Waals surface area contributed by atoms with E-state index in [1.807, 2.05) is 6.92 Å². The molecule has 0 rings (SSSR count). The molecule has 0 aliphatic carbocycles. The van der Waals surface area contributed by atoms with Crippen molar-refractivity contribution in [3.8, 4) is 0 Å². The topological polar surface area (TPSA) is 26.3 Å². The molecule has 0 aromatic carbocycles. The molecule has 0 fully saturated rings. The molecule has 0 aliphatic rings. The second-order valence-corrected chi connectivity index (χ2v) is 3.64. The zero-order chi connectivity index (χ0) is 8.15. The third-order valence-electron chi connectivity index (χ3n) is 1.00. The summed E-state index contributed by atoms with van der Waals surface area (Å²) in [5, 5.41) is 0. The van der Waals surface area contributed by atoms with Crippen molar-refractivity contribution >= 4 is 21.9 Å². The van der Waals surface area contributed by atoms with Gasteiger partial charge < -0.3 is 4.74 Å². The molecule has 0 aromatic rings. The SMILES string of the molecule is C=C(CC(C)Br)C(=O)OC. The Bertz CT molecular complexity index is 141. The van der Waals surface area contributed by atoms with Crippen molar-refractivity contribution < 1.29 is 9.53 Å². The number of rotatable bonds is 3. The maximum absolute atomic E-state index is 10.7. The molecule has 0 N–H and O–H groups in total. The van der Waals surface area contributed by atoms with Crippen LogP contribution in [0, 0.1) is 0 Å². The van der Waals surface area contributed by atoms with Gasteiger partial charge in [0.05, 0.1) is 7.11 Å². The van der Waals surface area contributed by atoms with Crippen LogP contribution >= 0.6 is 15.9 Å². The van der Waals surface area contributed by atoms with Gasteiger partial charge in [-0.05, 0) is 6.42 Å². The van der Waals surface area contributed by atoms with Crippen molar-refractivity contribution in [2.75, 3.05) is 7.11 Å². The summed E-state index contributed by atoms with van der Waals surface area (Å²) >= 11 is 3.30. The van der Waals surface area contributed by atoms with Gasteiger partial charge in [0.2, 0.25) is 0 Å². The smallest absolute Gasteiger partial charge is 0.333 e. The molecule has 10 heavy (non-hydrogen) atoms. The van der Waals surface area contributed by atoms with Gasteiger partial charge in [0.25, 0.3) is 0 Å². The highest BCUT2D eigenvalue weighted by Crippen LogP contribution is 2.10. The Morgan fingerprint density at radius 3 is 2.60 bits per heavy atom. The molecule has 0 saturated heterocycles. The Labute approximate surface area is 69.4 Å². The van der Waals surface area contributed by atoms with Crippen LogP contribution in [0.15, 0.2) is 12.2 Å². The minimum atomic E-state index is -0.327. The highest BCUT2D eigenvalue weighted by Gasteiger charge is 2.08. The first-order valence-electron chi connectivity index (χ1n) is 2.98. The van der Waals surface area contributed by atoms with Crippen LogP contribution in [0.1, 0.15) is 13.3 Å². The number of alkyl halides is 1. The van der Waals surface area contributed by atoms with Crippen LogP contribution in [-0.4, -0.2) is 17.9 Å². The van der Waals surface area contributed by atoms with E-state index in [4.69, 9.17) is 0 Å². The number of carbonyl (C=O) groups is 1. The summed E-state index contributed by atoms with van der Waals surface area (Å²) in [7, 11) is 1.35. The van der Waals surface area contributed by atoms with E-state index in [-0.39, 0.29) is 10.8 Å². The number of esters is 1. The molecule has 1 atom stereocenters. The van der Waals surface area contributed by atoms with Gasteiger partial charge in [0.15, 0.2) is 0 Å². The summed E-state index contributed by atoms with van der Waals surface area (Å²) in [6, 6.07) is 0. The number of carbonyl (C=O) groups excluding carboxylic acids is 1. The summed E-state index contributed by atoms with van der Waals surface area (Å²) in [5.74, 6) is -0.327. The van der Waals surface area contributed by atoms with Crippen molar-refractivity contribution in [3.63, 3.8) is 0 Å². The Hall–Kier alpha value is -0.310. The van der Waals surface area contributed by atoms with Gasteiger partial charge >= 0.3 is 5.97 Å². The Morgan fingerprint density at radius 2 is 2.30 bits per heavy atom. The van der Waals surface area contributed by atoms with E-state index in [0.29, 0.717) is 12.0 Å².